The van der Waals surface area contributed by atoms with E-state index in [9.17, 15) is 4.79 Å². The van der Waals surface area contributed by atoms with Crippen molar-refractivity contribution in [2.45, 2.75) is 20.0 Å². The molecule has 5 rings (SSSR count). The smallest absolute Gasteiger partial charge is 0.246 e. The van der Waals surface area contributed by atoms with E-state index >= 15 is 0 Å². The van der Waals surface area contributed by atoms with Crippen molar-refractivity contribution in [1.82, 2.24) is 24.5 Å². The Bertz CT molecular complexity index is 1400. The summed E-state index contributed by atoms with van der Waals surface area (Å²) < 4.78 is 9.93. The molecule has 0 aliphatic rings. The molecule has 0 spiro atoms. The van der Waals surface area contributed by atoms with Gasteiger partial charge in [0.1, 0.15) is 12.3 Å². The second-order valence-corrected chi connectivity index (χ2v) is 8.30. The summed E-state index contributed by atoms with van der Waals surface area (Å²) in [5.41, 5.74) is 4.09. The third-order valence-corrected chi connectivity index (χ3v) is 5.45. The number of aromatic nitrogens is 5. The maximum Gasteiger partial charge on any atom is 0.246 e. The summed E-state index contributed by atoms with van der Waals surface area (Å²) in [6.45, 7) is 2.56. The van der Waals surface area contributed by atoms with E-state index in [0.717, 1.165) is 38.1 Å². The molecular weight excluding hydrogens is 472 g/mol. The summed E-state index contributed by atoms with van der Waals surface area (Å²) in [7, 11) is 0. The maximum atomic E-state index is 12.8. The highest BCUT2D eigenvalue weighted by Gasteiger charge is 2.17. The Morgan fingerprint density at radius 2 is 2.12 bits per heavy atom. The molecule has 1 N–H and O–H groups in total. The van der Waals surface area contributed by atoms with Crippen LogP contribution in [0.3, 0.4) is 0 Å². The number of nitrogens with one attached hydrogen (secondary N) is 1. The minimum Gasteiger partial charge on any atom is -0.464 e. The van der Waals surface area contributed by atoms with Gasteiger partial charge in [-0.05, 0) is 58.7 Å². The quantitative estimate of drug-likeness (QED) is 0.374. The number of aryl methyl sites for hydroxylation is 1. The van der Waals surface area contributed by atoms with Crippen LogP contribution in [-0.2, 0) is 17.9 Å². The van der Waals surface area contributed by atoms with E-state index in [4.69, 9.17) is 4.42 Å². The molecule has 0 saturated carbocycles. The van der Waals surface area contributed by atoms with Gasteiger partial charge in [0.2, 0.25) is 5.91 Å². The van der Waals surface area contributed by atoms with E-state index in [1.807, 2.05) is 60.3 Å². The van der Waals surface area contributed by atoms with E-state index < -0.39 is 0 Å². The number of halogens is 1. The van der Waals surface area contributed by atoms with E-state index in [2.05, 4.69) is 36.4 Å². The number of rotatable bonds is 6. The molecule has 0 aliphatic carbocycles. The Hall–Kier alpha value is -3.72. The molecule has 4 heterocycles. The highest BCUT2D eigenvalue weighted by Crippen LogP contribution is 2.30. The number of carbonyl (C=O) groups excluding carboxylic acids is 1. The standard InChI is InChI=1S/C23H19BrN6O2/c1-15-22-19(20-6-3-9-32-20)7-8-25-23(22)30(28-15)14-21(31)27-18-5-2-4-16(10-18)12-29-13-17(24)11-26-29/h2-11,13H,12,14H2,1H3,(H,27,31). The summed E-state index contributed by atoms with van der Waals surface area (Å²) in [6, 6.07) is 13.3. The van der Waals surface area contributed by atoms with Crippen LogP contribution in [0.15, 0.2) is 76.2 Å². The van der Waals surface area contributed by atoms with Gasteiger partial charge in [0, 0.05) is 23.6 Å². The fourth-order valence-electron chi connectivity index (χ4n) is 3.72. The monoisotopic (exact) mass is 490 g/mol. The normalized spacial score (nSPS) is 11.2. The predicted molar refractivity (Wildman–Crippen MR) is 124 cm³/mol. The van der Waals surface area contributed by atoms with Crippen molar-refractivity contribution in [2.75, 3.05) is 5.32 Å². The number of amides is 1. The molecule has 8 nitrogen and oxygen atoms in total. The van der Waals surface area contributed by atoms with Gasteiger partial charge in [-0.25, -0.2) is 9.67 Å². The van der Waals surface area contributed by atoms with Crippen LogP contribution in [0.4, 0.5) is 5.69 Å². The Kier molecular flexibility index (Phi) is 5.32. The van der Waals surface area contributed by atoms with Gasteiger partial charge < -0.3 is 9.73 Å². The average Bonchev–Trinajstić information content (AvgIpc) is 3.50. The first-order valence-electron chi connectivity index (χ1n) is 9.99. The summed E-state index contributed by atoms with van der Waals surface area (Å²) >= 11 is 3.40. The van der Waals surface area contributed by atoms with Crippen molar-refractivity contribution in [3.8, 4) is 11.3 Å². The van der Waals surface area contributed by atoms with E-state index in [0.29, 0.717) is 12.2 Å². The van der Waals surface area contributed by atoms with Gasteiger partial charge in [0.15, 0.2) is 5.65 Å². The fraction of sp³-hybridized carbons (Fsp3) is 0.130. The van der Waals surface area contributed by atoms with E-state index in [-0.39, 0.29) is 12.5 Å². The highest BCUT2D eigenvalue weighted by molar-refractivity contribution is 9.10. The summed E-state index contributed by atoms with van der Waals surface area (Å²) in [5.74, 6) is 0.559. The Morgan fingerprint density at radius 1 is 1.22 bits per heavy atom. The van der Waals surface area contributed by atoms with Crippen LogP contribution >= 0.6 is 15.9 Å². The lowest BCUT2D eigenvalue weighted by atomic mass is 10.1. The van der Waals surface area contributed by atoms with Crippen molar-refractivity contribution in [3.05, 3.63) is 83.0 Å². The first-order chi connectivity index (χ1) is 15.6. The van der Waals surface area contributed by atoms with Crippen LogP contribution in [0.2, 0.25) is 0 Å². The van der Waals surface area contributed by atoms with Crippen molar-refractivity contribution in [2.24, 2.45) is 0 Å². The molecule has 5 aromatic rings. The molecular formula is C23H19BrN6O2. The number of fused-ring (bicyclic) bond motifs is 1. The van der Waals surface area contributed by atoms with Crippen molar-refractivity contribution in [1.29, 1.82) is 0 Å². The van der Waals surface area contributed by atoms with Crippen molar-refractivity contribution < 1.29 is 9.21 Å². The van der Waals surface area contributed by atoms with E-state index in [1.54, 1.807) is 23.3 Å². The van der Waals surface area contributed by atoms with Crippen LogP contribution in [0, 0.1) is 6.92 Å². The number of hydrogen-bond donors (Lipinski definition) is 1. The van der Waals surface area contributed by atoms with E-state index in [1.165, 1.54) is 0 Å². The number of pyridine rings is 1. The molecule has 1 amide bonds. The number of carbonyl (C=O) groups is 1. The first kappa shape index (κ1) is 20.2. The topological polar surface area (TPSA) is 90.8 Å². The zero-order chi connectivity index (χ0) is 22.1. The van der Waals surface area contributed by atoms with Crippen molar-refractivity contribution >= 4 is 38.6 Å². The SMILES string of the molecule is Cc1nn(CC(=O)Nc2cccc(Cn3cc(Br)cn3)c2)c2nccc(-c3ccco3)c12. The largest absolute Gasteiger partial charge is 0.464 e. The maximum absolute atomic E-state index is 12.8. The van der Waals surface area contributed by atoms with Crippen molar-refractivity contribution in [3.63, 3.8) is 0 Å². The summed E-state index contributed by atoms with van der Waals surface area (Å²) in [6.07, 6.45) is 6.98. The summed E-state index contributed by atoms with van der Waals surface area (Å²) in [4.78, 5) is 17.2. The number of furan rings is 1. The first-order valence-corrected chi connectivity index (χ1v) is 10.8. The number of hydrogen-bond acceptors (Lipinski definition) is 5. The number of nitrogens with zero attached hydrogens (tertiary/aromatic N) is 5. The van der Waals surface area contributed by atoms with Gasteiger partial charge in [-0.1, -0.05) is 12.1 Å². The molecule has 0 saturated heterocycles. The molecule has 0 unspecified atom stereocenters. The summed E-state index contributed by atoms with van der Waals surface area (Å²) in [5, 5.41) is 12.7. The minimum absolute atomic E-state index is 0.0509. The molecule has 9 heteroatoms. The van der Waals surface area contributed by atoms with Gasteiger partial charge in [-0.2, -0.15) is 10.2 Å². The molecule has 32 heavy (non-hydrogen) atoms. The lowest BCUT2D eigenvalue weighted by Crippen LogP contribution is -2.20. The Morgan fingerprint density at radius 3 is 2.91 bits per heavy atom. The zero-order valence-electron chi connectivity index (χ0n) is 17.2. The molecule has 4 aromatic heterocycles. The van der Waals surface area contributed by atoms with Crippen LogP contribution in [0.25, 0.3) is 22.4 Å². The molecule has 0 fully saturated rings. The zero-order valence-corrected chi connectivity index (χ0v) is 18.8. The lowest BCUT2D eigenvalue weighted by Gasteiger charge is -2.08. The molecule has 160 valence electrons. The highest BCUT2D eigenvalue weighted by atomic mass is 79.9. The average molecular weight is 491 g/mol. The molecule has 0 atom stereocenters. The minimum atomic E-state index is -0.182. The van der Waals surface area contributed by atoms with Gasteiger partial charge >= 0.3 is 0 Å². The van der Waals surface area contributed by atoms with Crippen LogP contribution < -0.4 is 5.32 Å². The number of anilines is 1. The fourth-order valence-corrected chi connectivity index (χ4v) is 4.05. The van der Waals surface area contributed by atoms with Gasteiger partial charge in [-0.3, -0.25) is 9.48 Å². The second kappa shape index (κ2) is 8.43. The van der Waals surface area contributed by atoms with Gasteiger partial charge in [0.25, 0.3) is 0 Å². The molecule has 0 aliphatic heterocycles. The second-order valence-electron chi connectivity index (χ2n) is 7.38. The Balaban J connectivity index is 1.35. The van der Waals surface area contributed by atoms with Gasteiger partial charge in [-0.15, -0.1) is 0 Å². The van der Waals surface area contributed by atoms with Crippen LogP contribution in [0.1, 0.15) is 11.3 Å². The predicted octanol–water partition coefficient (Wildman–Crippen LogP) is 4.65. The lowest BCUT2D eigenvalue weighted by molar-refractivity contribution is -0.116. The molecule has 1 aromatic carbocycles. The third-order valence-electron chi connectivity index (χ3n) is 5.05. The van der Waals surface area contributed by atoms with Crippen LogP contribution in [0.5, 0.6) is 0 Å². The molecule has 0 bridgehead atoms. The van der Waals surface area contributed by atoms with Gasteiger partial charge in [0.05, 0.1) is 34.6 Å². The number of benzene rings is 1. The van der Waals surface area contributed by atoms with Crippen LogP contribution in [-0.4, -0.2) is 30.5 Å². The third kappa shape index (κ3) is 4.06. The Labute approximate surface area is 192 Å². The molecule has 0 radical (unpaired) electrons.